The van der Waals surface area contributed by atoms with Crippen LogP contribution >= 0.6 is 11.6 Å². The zero-order valence-corrected chi connectivity index (χ0v) is 14.3. The number of hydrogen-bond donors (Lipinski definition) is 1. The molecule has 0 spiro atoms. The maximum absolute atomic E-state index is 13.3. The molecule has 3 rings (SSSR count). The van der Waals surface area contributed by atoms with Gasteiger partial charge in [-0.05, 0) is 24.3 Å². The first kappa shape index (κ1) is 21.0. The predicted octanol–water partition coefficient (Wildman–Crippen LogP) is 5.71. The number of aromatic nitrogens is 3. The molecule has 2 N–H and O–H groups in total. The summed E-state index contributed by atoms with van der Waals surface area (Å²) >= 11 is 5.81. The van der Waals surface area contributed by atoms with Crippen molar-refractivity contribution in [3.8, 4) is 5.69 Å². The van der Waals surface area contributed by atoms with Crippen molar-refractivity contribution in [2.45, 2.75) is 18.5 Å². The van der Waals surface area contributed by atoms with Gasteiger partial charge in [-0.2, -0.15) is 39.5 Å². The van der Waals surface area contributed by atoms with E-state index in [2.05, 4.69) is 10.1 Å². The molecule has 0 fully saturated rings. The van der Waals surface area contributed by atoms with Crippen molar-refractivity contribution in [3.05, 3.63) is 46.1 Å². The Morgan fingerprint density at radius 1 is 0.862 bits per heavy atom. The third kappa shape index (κ3) is 3.78. The Kier molecular flexibility index (Phi) is 4.64. The third-order valence-electron chi connectivity index (χ3n) is 3.78. The van der Waals surface area contributed by atoms with Crippen LogP contribution in [0.1, 0.15) is 16.8 Å². The number of rotatable bonds is 1. The van der Waals surface area contributed by atoms with Gasteiger partial charge in [-0.25, -0.2) is 9.67 Å². The first-order valence-electron chi connectivity index (χ1n) is 7.31. The quantitative estimate of drug-likeness (QED) is 0.485. The van der Waals surface area contributed by atoms with Gasteiger partial charge in [0.05, 0.1) is 27.2 Å². The zero-order chi connectivity index (χ0) is 21.9. The Hall–Kier alpha value is -2.70. The average molecular weight is 449 g/mol. The van der Waals surface area contributed by atoms with Gasteiger partial charge in [0.2, 0.25) is 0 Å². The minimum absolute atomic E-state index is 0.252. The highest BCUT2D eigenvalue weighted by Gasteiger charge is 2.41. The van der Waals surface area contributed by atoms with Gasteiger partial charge >= 0.3 is 18.5 Å². The lowest BCUT2D eigenvalue weighted by atomic mass is 10.1. The second-order valence-corrected chi connectivity index (χ2v) is 6.12. The number of benzene rings is 1. The van der Waals surface area contributed by atoms with E-state index in [1.54, 1.807) is 0 Å². The fraction of sp³-hybridized carbons (Fsp3) is 0.200. The maximum atomic E-state index is 13.3. The van der Waals surface area contributed by atoms with Crippen molar-refractivity contribution in [2.24, 2.45) is 0 Å². The van der Waals surface area contributed by atoms with E-state index >= 15 is 0 Å². The summed E-state index contributed by atoms with van der Waals surface area (Å²) < 4.78 is 118. The zero-order valence-electron chi connectivity index (χ0n) is 13.5. The molecule has 0 aliphatic rings. The van der Waals surface area contributed by atoms with Crippen LogP contribution in [0.2, 0.25) is 5.02 Å². The van der Waals surface area contributed by atoms with Crippen molar-refractivity contribution in [1.29, 1.82) is 0 Å². The molecular formula is C15H6ClF9N4. The number of nitrogen functional groups attached to an aromatic ring is 1. The molecular weight excluding hydrogens is 443 g/mol. The van der Waals surface area contributed by atoms with E-state index in [0.29, 0.717) is 16.8 Å². The summed E-state index contributed by atoms with van der Waals surface area (Å²) in [5.74, 6) is -0.880. The number of nitrogens with zero attached hydrogens (tertiary/aromatic N) is 3. The van der Waals surface area contributed by atoms with Gasteiger partial charge in [-0.1, -0.05) is 11.6 Å². The second kappa shape index (κ2) is 6.40. The molecule has 0 radical (unpaired) electrons. The molecule has 0 atom stereocenters. The largest absolute Gasteiger partial charge is 0.433 e. The lowest BCUT2D eigenvalue weighted by Gasteiger charge is -2.12. The second-order valence-electron chi connectivity index (χ2n) is 5.71. The fourth-order valence-corrected chi connectivity index (χ4v) is 2.71. The monoisotopic (exact) mass is 448 g/mol. The van der Waals surface area contributed by atoms with Crippen molar-refractivity contribution in [3.63, 3.8) is 0 Å². The molecule has 0 saturated carbocycles. The van der Waals surface area contributed by atoms with E-state index in [9.17, 15) is 39.5 Å². The Labute approximate surface area is 159 Å². The first-order chi connectivity index (χ1) is 13.1. The van der Waals surface area contributed by atoms with E-state index in [-0.39, 0.29) is 11.1 Å². The van der Waals surface area contributed by atoms with Crippen molar-refractivity contribution < 1.29 is 39.5 Å². The van der Waals surface area contributed by atoms with Crippen LogP contribution in [0.25, 0.3) is 16.7 Å². The lowest BCUT2D eigenvalue weighted by molar-refractivity contribution is -0.144. The summed E-state index contributed by atoms with van der Waals surface area (Å²) in [4.78, 5) is 3.03. The molecule has 3 aromatic rings. The normalized spacial score (nSPS) is 13.3. The van der Waals surface area contributed by atoms with Crippen molar-refractivity contribution >= 4 is 28.5 Å². The van der Waals surface area contributed by atoms with E-state index < -0.39 is 57.9 Å². The van der Waals surface area contributed by atoms with Crippen LogP contribution in [-0.4, -0.2) is 14.8 Å². The average Bonchev–Trinajstić information content (AvgIpc) is 2.88. The van der Waals surface area contributed by atoms with Crippen LogP contribution in [0.15, 0.2) is 24.3 Å². The fourth-order valence-electron chi connectivity index (χ4n) is 2.51. The van der Waals surface area contributed by atoms with Crippen LogP contribution in [-0.2, 0) is 18.5 Å². The summed E-state index contributed by atoms with van der Waals surface area (Å²) in [7, 11) is 0. The van der Waals surface area contributed by atoms with Gasteiger partial charge in [0.25, 0.3) is 0 Å². The lowest BCUT2D eigenvalue weighted by Crippen LogP contribution is -2.13. The maximum Gasteiger partial charge on any atom is 0.433 e. The van der Waals surface area contributed by atoms with E-state index in [1.165, 1.54) is 0 Å². The van der Waals surface area contributed by atoms with Gasteiger partial charge in [-0.3, -0.25) is 0 Å². The van der Waals surface area contributed by atoms with E-state index in [1.807, 2.05) is 0 Å². The molecule has 0 aliphatic heterocycles. The summed E-state index contributed by atoms with van der Waals surface area (Å²) in [6.07, 6.45) is -15.3. The summed E-state index contributed by atoms with van der Waals surface area (Å²) in [6.45, 7) is 0. The van der Waals surface area contributed by atoms with Gasteiger partial charge in [0.1, 0.15) is 11.5 Å². The molecule has 0 unspecified atom stereocenters. The van der Waals surface area contributed by atoms with E-state index in [4.69, 9.17) is 17.3 Å². The highest BCUT2D eigenvalue weighted by atomic mass is 35.5. The molecule has 1 aromatic carbocycles. The number of anilines is 1. The van der Waals surface area contributed by atoms with Crippen molar-refractivity contribution in [1.82, 2.24) is 14.8 Å². The summed E-state index contributed by atoms with van der Waals surface area (Å²) in [5.41, 5.74) is -0.955. The number of hydrogen-bond acceptors (Lipinski definition) is 3. The van der Waals surface area contributed by atoms with Crippen LogP contribution in [0.4, 0.5) is 45.3 Å². The molecule has 2 aromatic heterocycles. The first-order valence-corrected chi connectivity index (χ1v) is 7.69. The Morgan fingerprint density at radius 2 is 1.48 bits per heavy atom. The highest BCUT2D eigenvalue weighted by Crippen LogP contribution is 2.41. The number of alkyl halides is 9. The number of nitrogens with two attached hydrogens (primary N) is 1. The van der Waals surface area contributed by atoms with Gasteiger partial charge in [0.15, 0.2) is 5.65 Å². The van der Waals surface area contributed by atoms with Gasteiger partial charge < -0.3 is 5.73 Å². The number of pyridine rings is 1. The number of halogens is 10. The SMILES string of the molecule is Nc1c2c(C(F)(F)F)cc(C(F)(F)F)nc2nn1-c1cc(C(F)(F)F)ccc1Cl. The Morgan fingerprint density at radius 3 is 2.00 bits per heavy atom. The third-order valence-corrected chi connectivity index (χ3v) is 4.10. The summed E-state index contributed by atoms with van der Waals surface area (Å²) in [5, 5.41) is 2.06. The highest BCUT2D eigenvalue weighted by molar-refractivity contribution is 6.32. The predicted molar refractivity (Wildman–Crippen MR) is 83.3 cm³/mol. The topological polar surface area (TPSA) is 56.7 Å². The molecule has 0 amide bonds. The molecule has 0 bridgehead atoms. The minimum Gasteiger partial charge on any atom is -0.383 e. The molecule has 14 heteroatoms. The molecule has 4 nitrogen and oxygen atoms in total. The van der Waals surface area contributed by atoms with Gasteiger partial charge in [-0.15, -0.1) is 5.10 Å². The Bertz CT molecular complexity index is 1100. The van der Waals surface area contributed by atoms with Gasteiger partial charge in [0, 0.05) is 0 Å². The number of fused-ring (bicyclic) bond motifs is 1. The Balaban J connectivity index is 2.37. The molecule has 156 valence electrons. The molecule has 0 saturated heterocycles. The van der Waals surface area contributed by atoms with Crippen LogP contribution < -0.4 is 5.73 Å². The van der Waals surface area contributed by atoms with E-state index in [0.717, 1.165) is 6.07 Å². The molecule has 2 heterocycles. The minimum atomic E-state index is -5.28. The van der Waals surface area contributed by atoms with Crippen LogP contribution in [0.3, 0.4) is 0 Å². The molecule has 29 heavy (non-hydrogen) atoms. The van der Waals surface area contributed by atoms with Crippen LogP contribution in [0, 0.1) is 0 Å². The van der Waals surface area contributed by atoms with Crippen molar-refractivity contribution in [2.75, 3.05) is 5.73 Å². The summed E-state index contributed by atoms with van der Waals surface area (Å²) in [6, 6.07) is 1.60. The smallest absolute Gasteiger partial charge is 0.383 e. The molecule has 0 aliphatic carbocycles. The standard InChI is InChI=1S/C15H6ClF9N4/c16-7-2-1-5(13(17,18)19)3-8(7)29-11(26)10-6(14(20,21)22)4-9(15(23,24)25)27-12(10)28-29/h1-4H,26H2. The van der Waals surface area contributed by atoms with Crippen LogP contribution in [0.5, 0.6) is 0 Å².